The average molecular weight is 341 g/mol. The number of thiophene rings is 1. The molecule has 0 atom stereocenters. The molecule has 0 fully saturated rings. The van der Waals surface area contributed by atoms with Crippen LogP contribution in [0.5, 0.6) is 5.75 Å². The summed E-state index contributed by atoms with van der Waals surface area (Å²) in [4.78, 5) is 13.9. The van der Waals surface area contributed by atoms with Crippen LogP contribution in [0, 0.1) is 6.92 Å². The van der Waals surface area contributed by atoms with E-state index < -0.39 is 0 Å². The van der Waals surface area contributed by atoms with Gasteiger partial charge in [-0.3, -0.25) is 4.79 Å². The van der Waals surface area contributed by atoms with Gasteiger partial charge >= 0.3 is 0 Å². The van der Waals surface area contributed by atoms with Crippen molar-refractivity contribution < 1.29 is 9.53 Å². The summed E-state index contributed by atoms with van der Waals surface area (Å²) in [6.07, 6.45) is 0.793. The van der Waals surface area contributed by atoms with E-state index in [4.69, 9.17) is 10.5 Å². The number of hydrogen-bond acceptors (Lipinski definition) is 4. The van der Waals surface area contributed by atoms with Crippen LogP contribution in [-0.4, -0.2) is 26.1 Å². The smallest absolute Gasteiger partial charge is 0.261 e. The normalized spacial score (nSPS) is 9.95. The molecule has 0 unspecified atom stereocenters. The van der Waals surface area contributed by atoms with E-state index in [0.29, 0.717) is 13.1 Å². The Morgan fingerprint density at radius 1 is 1.32 bits per heavy atom. The van der Waals surface area contributed by atoms with Crippen LogP contribution in [0.1, 0.15) is 21.0 Å². The second-order valence-corrected chi connectivity index (χ2v) is 5.96. The Labute approximate surface area is 141 Å². The van der Waals surface area contributed by atoms with Crippen molar-refractivity contribution in [2.24, 2.45) is 5.73 Å². The SMILES string of the molecule is COc1ccc(-c2cc(C(=O)NCCCN)sc2C)cc1.Cl. The highest BCUT2D eigenvalue weighted by Crippen LogP contribution is 2.31. The average Bonchev–Trinajstić information content (AvgIpc) is 2.89. The van der Waals surface area contributed by atoms with Crippen molar-refractivity contribution in [1.29, 1.82) is 0 Å². The van der Waals surface area contributed by atoms with Crippen LogP contribution in [0.4, 0.5) is 0 Å². The lowest BCUT2D eigenvalue weighted by atomic mass is 10.1. The highest BCUT2D eigenvalue weighted by atomic mass is 35.5. The third-order valence-corrected chi connectivity index (χ3v) is 4.26. The molecule has 22 heavy (non-hydrogen) atoms. The second kappa shape index (κ2) is 8.78. The fourth-order valence-electron chi connectivity index (χ4n) is 2.04. The van der Waals surface area contributed by atoms with Crippen molar-refractivity contribution in [3.8, 4) is 16.9 Å². The van der Waals surface area contributed by atoms with Gasteiger partial charge in [0.2, 0.25) is 0 Å². The summed E-state index contributed by atoms with van der Waals surface area (Å²) in [7, 11) is 1.65. The topological polar surface area (TPSA) is 64.3 Å². The minimum Gasteiger partial charge on any atom is -0.497 e. The van der Waals surface area contributed by atoms with Crippen LogP contribution < -0.4 is 15.8 Å². The molecule has 6 heteroatoms. The Bertz CT molecular complexity index is 611. The number of hydrogen-bond donors (Lipinski definition) is 2. The molecule has 0 aliphatic heterocycles. The zero-order valence-corrected chi connectivity index (χ0v) is 14.4. The van der Waals surface area contributed by atoms with Crippen molar-refractivity contribution in [3.63, 3.8) is 0 Å². The molecule has 0 aliphatic carbocycles. The van der Waals surface area contributed by atoms with Crippen molar-refractivity contribution in [2.75, 3.05) is 20.2 Å². The number of methoxy groups -OCH3 is 1. The van der Waals surface area contributed by atoms with Crippen molar-refractivity contribution in [3.05, 3.63) is 40.1 Å². The molecule has 0 bridgehead atoms. The summed E-state index contributed by atoms with van der Waals surface area (Å²) in [5.41, 5.74) is 7.60. The van der Waals surface area contributed by atoms with E-state index in [1.807, 2.05) is 37.3 Å². The van der Waals surface area contributed by atoms with Crippen LogP contribution in [0.3, 0.4) is 0 Å². The summed E-state index contributed by atoms with van der Waals surface area (Å²) >= 11 is 1.51. The van der Waals surface area contributed by atoms with Gasteiger partial charge in [0.1, 0.15) is 5.75 Å². The van der Waals surface area contributed by atoms with Gasteiger partial charge in [0.15, 0.2) is 0 Å². The minimum atomic E-state index is -0.0312. The molecular formula is C16H21ClN2O2S. The number of rotatable bonds is 6. The van der Waals surface area contributed by atoms with E-state index in [-0.39, 0.29) is 18.3 Å². The van der Waals surface area contributed by atoms with Crippen molar-refractivity contribution in [1.82, 2.24) is 5.32 Å². The molecule has 120 valence electrons. The van der Waals surface area contributed by atoms with Crippen LogP contribution in [0.2, 0.25) is 0 Å². The van der Waals surface area contributed by atoms with Crippen LogP contribution in [-0.2, 0) is 0 Å². The van der Waals surface area contributed by atoms with Gasteiger partial charge in [0.05, 0.1) is 12.0 Å². The van der Waals surface area contributed by atoms with Gasteiger partial charge in [0, 0.05) is 11.4 Å². The van der Waals surface area contributed by atoms with Gasteiger partial charge < -0.3 is 15.8 Å². The highest BCUT2D eigenvalue weighted by molar-refractivity contribution is 7.14. The fourth-order valence-corrected chi connectivity index (χ4v) is 3.00. The molecular weight excluding hydrogens is 320 g/mol. The van der Waals surface area contributed by atoms with Gasteiger partial charge in [-0.1, -0.05) is 12.1 Å². The number of carbonyl (C=O) groups excluding carboxylic acids is 1. The molecule has 0 spiro atoms. The Kier molecular flexibility index (Phi) is 7.38. The standard InChI is InChI=1S/C16H20N2O2S.ClH/c1-11-14(12-4-6-13(20-2)7-5-12)10-15(21-11)16(19)18-9-3-8-17;/h4-7,10H,3,8-9,17H2,1-2H3,(H,18,19);1H. The van der Waals surface area contributed by atoms with Gasteiger partial charge in [-0.2, -0.15) is 0 Å². The molecule has 3 N–H and O–H groups in total. The van der Waals surface area contributed by atoms with Crippen LogP contribution >= 0.6 is 23.7 Å². The third-order valence-electron chi connectivity index (χ3n) is 3.21. The van der Waals surface area contributed by atoms with E-state index in [9.17, 15) is 4.79 Å². The summed E-state index contributed by atoms with van der Waals surface area (Å²) in [5, 5.41) is 2.88. The van der Waals surface area contributed by atoms with E-state index >= 15 is 0 Å². The Balaban J connectivity index is 0.00000242. The van der Waals surface area contributed by atoms with Gasteiger partial charge in [-0.15, -0.1) is 23.7 Å². The quantitative estimate of drug-likeness (QED) is 0.793. The number of carbonyl (C=O) groups is 1. The maximum absolute atomic E-state index is 12.1. The predicted octanol–water partition coefficient (Wildman–Crippen LogP) is 3.23. The number of nitrogens with one attached hydrogen (secondary N) is 1. The van der Waals surface area contributed by atoms with Crippen LogP contribution in [0.25, 0.3) is 11.1 Å². The summed E-state index contributed by atoms with van der Waals surface area (Å²) in [5.74, 6) is 0.794. The molecule has 0 saturated carbocycles. The van der Waals surface area contributed by atoms with Crippen molar-refractivity contribution in [2.45, 2.75) is 13.3 Å². The molecule has 2 rings (SSSR count). The van der Waals surface area contributed by atoms with Crippen molar-refractivity contribution >= 4 is 29.7 Å². The largest absolute Gasteiger partial charge is 0.497 e. The summed E-state index contributed by atoms with van der Waals surface area (Å²) in [6, 6.07) is 9.80. The highest BCUT2D eigenvalue weighted by Gasteiger charge is 2.13. The molecule has 4 nitrogen and oxygen atoms in total. The summed E-state index contributed by atoms with van der Waals surface area (Å²) < 4.78 is 5.16. The van der Waals surface area contributed by atoms with E-state index in [1.54, 1.807) is 7.11 Å². The Morgan fingerprint density at radius 2 is 2.00 bits per heavy atom. The molecule has 0 radical (unpaired) electrons. The number of halogens is 1. The lowest BCUT2D eigenvalue weighted by molar-refractivity contribution is 0.0957. The first-order valence-corrected chi connectivity index (χ1v) is 7.70. The Morgan fingerprint density at radius 3 is 2.59 bits per heavy atom. The van der Waals surface area contributed by atoms with Crippen LogP contribution in [0.15, 0.2) is 30.3 Å². The zero-order chi connectivity index (χ0) is 15.2. The van der Waals surface area contributed by atoms with E-state index in [1.165, 1.54) is 11.3 Å². The fraction of sp³-hybridized carbons (Fsp3) is 0.312. The maximum atomic E-state index is 12.1. The number of amides is 1. The van der Waals surface area contributed by atoms with Gasteiger partial charge in [-0.05, 0) is 49.2 Å². The minimum absolute atomic E-state index is 0. The first kappa shape index (κ1) is 18.5. The zero-order valence-electron chi connectivity index (χ0n) is 12.7. The van der Waals surface area contributed by atoms with E-state index in [2.05, 4.69) is 5.32 Å². The number of ether oxygens (including phenoxy) is 1. The molecule has 1 aromatic carbocycles. The lowest BCUT2D eigenvalue weighted by Crippen LogP contribution is -2.25. The predicted molar refractivity (Wildman–Crippen MR) is 94.3 cm³/mol. The number of aryl methyl sites for hydroxylation is 1. The maximum Gasteiger partial charge on any atom is 0.261 e. The molecule has 2 aromatic rings. The molecule has 1 heterocycles. The molecule has 1 aromatic heterocycles. The first-order valence-electron chi connectivity index (χ1n) is 6.89. The number of nitrogens with two attached hydrogens (primary N) is 1. The van der Waals surface area contributed by atoms with Gasteiger partial charge in [0.25, 0.3) is 5.91 Å². The van der Waals surface area contributed by atoms with Gasteiger partial charge in [-0.25, -0.2) is 0 Å². The Hall–Kier alpha value is -1.56. The van der Waals surface area contributed by atoms with E-state index in [0.717, 1.165) is 33.1 Å². The summed E-state index contributed by atoms with van der Waals surface area (Å²) in [6.45, 7) is 3.23. The number of benzene rings is 1. The molecule has 0 saturated heterocycles. The first-order chi connectivity index (χ1) is 10.2. The molecule has 0 aliphatic rings. The lowest BCUT2D eigenvalue weighted by Gasteiger charge is -2.03. The molecule has 1 amide bonds. The monoisotopic (exact) mass is 340 g/mol. The second-order valence-electron chi connectivity index (χ2n) is 4.71. The third kappa shape index (κ3) is 4.47.